The molecule has 2 fully saturated rings. The summed E-state index contributed by atoms with van der Waals surface area (Å²) in [7, 11) is 0. The number of hydrogen-bond donors (Lipinski definition) is 6. The lowest BCUT2D eigenvalue weighted by atomic mass is 10.0. The van der Waals surface area contributed by atoms with Gasteiger partial charge in [0.1, 0.15) is 11.4 Å². The Morgan fingerprint density at radius 3 is 2.29 bits per heavy atom. The van der Waals surface area contributed by atoms with Crippen molar-refractivity contribution < 1.29 is 14.7 Å². The molecule has 1 atom stereocenters. The zero-order valence-corrected chi connectivity index (χ0v) is 23.4. The van der Waals surface area contributed by atoms with Gasteiger partial charge in [-0.3, -0.25) is 20.1 Å². The molecule has 2 aliphatic heterocycles. The number of piperazine rings is 1. The van der Waals surface area contributed by atoms with E-state index in [0.29, 0.717) is 18.8 Å². The molecule has 1 aromatic heterocycles. The van der Waals surface area contributed by atoms with Gasteiger partial charge in [0.25, 0.3) is 0 Å². The topological polar surface area (TPSA) is 199 Å². The summed E-state index contributed by atoms with van der Waals surface area (Å²) >= 11 is 0. The van der Waals surface area contributed by atoms with Gasteiger partial charge in [0.05, 0.1) is 12.3 Å². The first-order chi connectivity index (χ1) is 19.6. The van der Waals surface area contributed by atoms with E-state index in [1.807, 2.05) is 24.3 Å². The van der Waals surface area contributed by atoms with Crippen molar-refractivity contribution in [3.05, 3.63) is 52.6 Å². The number of anilines is 1. The number of urea groups is 1. The summed E-state index contributed by atoms with van der Waals surface area (Å²) in [6, 6.07) is 9.18. The standard InChI is InChI=1S/C27H40N10O4/c1-27(30,18-38)23(39)35-14-16-36(17-15-35)25(40)32-22-9-13-37(26(41)33-22)21-4-2-19(3-5-21)6-10-34-11-7-20(8-12-34)31-24(28)29/h2-5,9,13,20,38H,6-8,10-12,14-18,30H2,1H3,(H4,28,29,31)(H,32,33,40,41)/t27-/m0/s1. The number of nitrogens with one attached hydrogen (secondary N) is 3. The van der Waals surface area contributed by atoms with E-state index < -0.39 is 23.9 Å². The van der Waals surface area contributed by atoms with Crippen molar-refractivity contribution in [2.24, 2.45) is 11.5 Å². The van der Waals surface area contributed by atoms with Crippen LogP contribution in [-0.2, 0) is 11.2 Å². The van der Waals surface area contributed by atoms with Gasteiger partial charge in [-0.15, -0.1) is 0 Å². The molecule has 3 heterocycles. The highest BCUT2D eigenvalue weighted by molar-refractivity contribution is 5.89. The van der Waals surface area contributed by atoms with Crippen molar-refractivity contribution in [3.8, 4) is 5.69 Å². The van der Waals surface area contributed by atoms with Crippen LogP contribution in [0.25, 0.3) is 5.69 Å². The molecule has 2 saturated heterocycles. The van der Waals surface area contributed by atoms with E-state index in [1.54, 1.807) is 12.3 Å². The van der Waals surface area contributed by atoms with Gasteiger partial charge in [-0.2, -0.15) is 4.98 Å². The molecule has 8 N–H and O–H groups in total. The van der Waals surface area contributed by atoms with Crippen LogP contribution in [0, 0.1) is 5.41 Å². The number of aliphatic hydroxyl groups excluding tert-OH is 1. The smallest absolute Gasteiger partial charge is 0.354 e. The summed E-state index contributed by atoms with van der Waals surface area (Å²) in [5.41, 5.74) is 11.2. The van der Waals surface area contributed by atoms with Crippen LogP contribution >= 0.6 is 0 Å². The molecule has 2 aromatic rings. The Balaban J connectivity index is 1.26. The first-order valence-electron chi connectivity index (χ1n) is 13.8. The predicted octanol–water partition coefficient (Wildman–Crippen LogP) is -0.892. The minimum absolute atomic E-state index is 0.0260. The van der Waals surface area contributed by atoms with Crippen LogP contribution in [0.4, 0.5) is 10.6 Å². The maximum Gasteiger partial charge on any atom is 0.354 e. The fourth-order valence-corrected chi connectivity index (χ4v) is 5.03. The van der Waals surface area contributed by atoms with Crippen LogP contribution in [0.2, 0.25) is 0 Å². The van der Waals surface area contributed by atoms with Crippen molar-refractivity contribution in [2.45, 2.75) is 37.8 Å². The number of amides is 3. The zero-order chi connectivity index (χ0) is 29.6. The highest BCUT2D eigenvalue weighted by atomic mass is 16.3. The Morgan fingerprint density at radius 1 is 1.07 bits per heavy atom. The summed E-state index contributed by atoms with van der Waals surface area (Å²) in [6.45, 7) is 5.03. The number of piperidine rings is 1. The summed E-state index contributed by atoms with van der Waals surface area (Å²) in [5, 5.41) is 22.3. The Morgan fingerprint density at radius 2 is 1.71 bits per heavy atom. The van der Waals surface area contributed by atoms with Crippen molar-refractivity contribution in [3.63, 3.8) is 0 Å². The van der Waals surface area contributed by atoms with E-state index in [-0.39, 0.29) is 36.8 Å². The van der Waals surface area contributed by atoms with Gasteiger partial charge in [-0.05, 0) is 49.9 Å². The third-order valence-corrected chi connectivity index (χ3v) is 7.59. The molecule has 0 radical (unpaired) electrons. The van der Waals surface area contributed by atoms with Crippen LogP contribution in [0.5, 0.6) is 0 Å². The fourth-order valence-electron chi connectivity index (χ4n) is 5.03. The monoisotopic (exact) mass is 568 g/mol. The van der Waals surface area contributed by atoms with E-state index in [0.717, 1.165) is 44.5 Å². The maximum absolute atomic E-state index is 12.7. The van der Waals surface area contributed by atoms with Gasteiger partial charge >= 0.3 is 11.7 Å². The van der Waals surface area contributed by atoms with Gasteiger partial charge < -0.3 is 36.6 Å². The number of nitrogens with two attached hydrogens (primary N) is 2. The highest BCUT2D eigenvalue weighted by Gasteiger charge is 2.34. The van der Waals surface area contributed by atoms with Gasteiger partial charge in [0.15, 0.2) is 5.96 Å². The van der Waals surface area contributed by atoms with Crippen LogP contribution in [0.15, 0.2) is 41.3 Å². The molecule has 0 saturated carbocycles. The lowest BCUT2D eigenvalue weighted by Crippen LogP contribution is -2.60. The molecule has 2 aliphatic rings. The second-order valence-corrected chi connectivity index (χ2v) is 10.8. The number of hydrogen-bond acceptors (Lipinski definition) is 8. The number of benzene rings is 1. The van der Waals surface area contributed by atoms with Crippen LogP contribution in [-0.4, -0.2) is 111 Å². The molecule has 41 heavy (non-hydrogen) atoms. The first kappa shape index (κ1) is 30.0. The van der Waals surface area contributed by atoms with Crippen molar-refractivity contribution in [1.29, 1.82) is 5.41 Å². The van der Waals surface area contributed by atoms with Gasteiger partial charge in [0.2, 0.25) is 5.91 Å². The number of carbonyl (C=O) groups excluding carboxylic acids is 2. The highest BCUT2D eigenvalue weighted by Crippen LogP contribution is 2.14. The summed E-state index contributed by atoms with van der Waals surface area (Å²) in [5.74, 6) is -0.195. The van der Waals surface area contributed by atoms with E-state index in [2.05, 4.69) is 20.5 Å². The number of guanidine groups is 1. The molecule has 0 bridgehead atoms. The van der Waals surface area contributed by atoms with Crippen molar-refractivity contribution >= 4 is 23.7 Å². The van der Waals surface area contributed by atoms with E-state index in [1.165, 1.54) is 21.3 Å². The number of nitrogens with zero attached hydrogens (tertiary/aromatic N) is 5. The van der Waals surface area contributed by atoms with Gasteiger partial charge in [-0.1, -0.05) is 12.1 Å². The second kappa shape index (κ2) is 13.1. The first-order valence-corrected chi connectivity index (χ1v) is 13.8. The molecule has 4 rings (SSSR count). The SMILES string of the molecule is C[C@](N)(CO)C(=O)N1CCN(C(=O)Nc2ccn(-c3ccc(CCN4CCC(NC(=N)N)CC4)cc3)c(=O)n2)CC1. The second-order valence-electron chi connectivity index (χ2n) is 10.8. The summed E-state index contributed by atoms with van der Waals surface area (Å²) in [6.07, 6.45) is 4.38. The van der Waals surface area contributed by atoms with Crippen LogP contribution in [0.1, 0.15) is 25.3 Å². The Bertz CT molecular complexity index is 1280. The third kappa shape index (κ3) is 7.80. The molecular weight excluding hydrogens is 528 g/mol. The number of likely N-dealkylation sites (tertiary alicyclic amines) is 1. The normalized spacial score (nSPS) is 18.0. The Labute approximate surface area is 238 Å². The van der Waals surface area contributed by atoms with E-state index in [4.69, 9.17) is 16.9 Å². The molecule has 0 aliphatic carbocycles. The zero-order valence-electron chi connectivity index (χ0n) is 23.4. The third-order valence-electron chi connectivity index (χ3n) is 7.59. The molecule has 222 valence electrons. The predicted molar refractivity (Wildman–Crippen MR) is 155 cm³/mol. The lowest BCUT2D eigenvalue weighted by molar-refractivity contribution is -0.139. The van der Waals surface area contributed by atoms with Crippen molar-refractivity contribution in [1.82, 2.24) is 29.6 Å². The Hall–Kier alpha value is -4.01. The fraction of sp³-hybridized carbons (Fsp3) is 0.519. The quantitative estimate of drug-likeness (QED) is 0.173. The molecule has 3 amide bonds. The largest absolute Gasteiger partial charge is 0.394 e. The number of carbonyl (C=O) groups is 2. The number of aliphatic hydroxyl groups is 1. The van der Waals surface area contributed by atoms with Gasteiger partial charge in [-0.25, -0.2) is 9.59 Å². The van der Waals surface area contributed by atoms with Crippen LogP contribution in [0.3, 0.4) is 0 Å². The van der Waals surface area contributed by atoms with Crippen molar-refractivity contribution in [2.75, 3.05) is 57.7 Å². The summed E-state index contributed by atoms with van der Waals surface area (Å²) < 4.78 is 1.42. The molecule has 14 heteroatoms. The van der Waals surface area contributed by atoms with Crippen LogP contribution < -0.4 is 27.8 Å². The molecule has 1 aromatic carbocycles. The number of aromatic nitrogens is 2. The summed E-state index contributed by atoms with van der Waals surface area (Å²) in [4.78, 5) is 47.4. The Kier molecular flexibility index (Phi) is 9.57. The van der Waals surface area contributed by atoms with Gasteiger partial charge in [0, 0.05) is 58.1 Å². The minimum Gasteiger partial charge on any atom is -0.394 e. The molecule has 0 unspecified atom stereocenters. The number of rotatable bonds is 8. The molecule has 0 spiro atoms. The average Bonchev–Trinajstić information content (AvgIpc) is 2.96. The maximum atomic E-state index is 12.7. The average molecular weight is 569 g/mol. The minimum atomic E-state index is -1.35. The van der Waals surface area contributed by atoms with E-state index in [9.17, 15) is 19.5 Å². The molecule has 14 nitrogen and oxygen atoms in total. The lowest BCUT2D eigenvalue weighted by Gasteiger charge is -2.37. The van der Waals surface area contributed by atoms with E-state index >= 15 is 0 Å². The molecular formula is C27H40N10O4.